The van der Waals surface area contributed by atoms with Gasteiger partial charge >= 0.3 is 41.8 Å². The summed E-state index contributed by atoms with van der Waals surface area (Å²) in [5.74, 6) is -6.83. The minimum absolute atomic E-state index is 0.0273. The Labute approximate surface area is 286 Å². The summed E-state index contributed by atoms with van der Waals surface area (Å²) in [6.07, 6.45) is -14.2. The second-order valence-corrected chi connectivity index (χ2v) is 11.2. The first-order valence-electron chi connectivity index (χ1n) is 15.4. The fourth-order valence-electron chi connectivity index (χ4n) is 5.14. The van der Waals surface area contributed by atoms with Crippen molar-refractivity contribution in [2.24, 2.45) is 0 Å². The van der Waals surface area contributed by atoms with Crippen LogP contribution in [0.25, 0.3) is 0 Å². The normalized spacial score (nSPS) is 29.0. The Kier molecular flexibility index (Phi) is 16.5. The lowest BCUT2D eigenvalue weighted by atomic mass is 9.94. The average Bonchev–Trinajstić information content (AvgIpc) is 2.97. The zero-order valence-corrected chi connectivity index (χ0v) is 28.6. The Morgan fingerprint density at radius 2 is 1.04 bits per heavy atom. The van der Waals surface area contributed by atoms with E-state index in [1.807, 2.05) is 0 Å². The summed E-state index contributed by atoms with van der Waals surface area (Å²) in [5, 5.41) is 11.6. The van der Waals surface area contributed by atoms with E-state index < -0.39 is 122 Å². The van der Waals surface area contributed by atoms with Crippen molar-refractivity contribution >= 4 is 47.7 Å². The molecule has 0 bridgehead atoms. The van der Waals surface area contributed by atoms with Crippen molar-refractivity contribution in [3.63, 3.8) is 0 Å². The van der Waals surface area contributed by atoms with Crippen LogP contribution in [0.5, 0.6) is 0 Å². The maximum absolute atomic E-state index is 12.4. The van der Waals surface area contributed by atoms with Gasteiger partial charge in [0.05, 0.1) is 6.61 Å². The second kappa shape index (κ2) is 19.7. The third kappa shape index (κ3) is 13.5. The molecule has 20 nitrogen and oxygen atoms in total. The molecule has 0 spiro atoms. The molecular formula is C30H43NO19. The van der Waals surface area contributed by atoms with Gasteiger partial charge in [-0.2, -0.15) is 0 Å². The molecule has 0 unspecified atom stereocenters. The first-order valence-corrected chi connectivity index (χ1v) is 15.4. The highest BCUT2D eigenvalue weighted by molar-refractivity contribution is 5.73. The van der Waals surface area contributed by atoms with Crippen LogP contribution in [0, 0.1) is 0 Å². The van der Waals surface area contributed by atoms with E-state index in [9.17, 15) is 38.4 Å². The van der Waals surface area contributed by atoms with Gasteiger partial charge < -0.3 is 57.8 Å². The predicted octanol–water partition coefficient (Wildman–Crippen LogP) is -0.939. The number of ether oxygens (including phenoxy) is 10. The number of esters is 6. The number of nitrogens with one attached hydrogen (secondary N) is 1. The molecule has 0 aromatic rings. The van der Waals surface area contributed by atoms with E-state index >= 15 is 0 Å². The fraction of sp³-hybridized carbons (Fsp3) is 0.733. The maximum Gasteiger partial charge on any atom is 0.303 e. The van der Waals surface area contributed by atoms with Crippen molar-refractivity contribution in [2.75, 3.05) is 19.8 Å². The summed E-state index contributed by atoms with van der Waals surface area (Å²) in [6.45, 7) is 6.14. The van der Waals surface area contributed by atoms with E-state index in [0.717, 1.165) is 48.5 Å². The summed E-state index contributed by atoms with van der Waals surface area (Å²) >= 11 is 0. The Morgan fingerprint density at radius 1 is 0.580 bits per heavy atom. The van der Waals surface area contributed by atoms with E-state index in [1.165, 1.54) is 0 Å². The molecule has 20 heteroatoms. The van der Waals surface area contributed by atoms with Gasteiger partial charge in [-0.15, -0.1) is 0 Å². The van der Waals surface area contributed by atoms with Crippen molar-refractivity contribution in [1.29, 1.82) is 0 Å². The molecule has 2 fully saturated rings. The number of rotatable bonds is 16. The van der Waals surface area contributed by atoms with Crippen LogP contribution in [-0.2, 0) is 85.7 Å². The number of amides is 1. The number of hydrogen-bond acceptors (Lipinski definition) is 18. The molecule has 2 aliphatic rings. The minimum Gasteiger partial charge on any atom is -0.481 e. The Morgan fingerprint density at radius 3 is 1.52 bits per heavy atom. The van der Waals surface area contributed by atoms with Crippen molar-refractivity contribution < 1.29 is 90.8 Å². The van der Waals surface area contributed by atoms with Crippen LogP contribution in [0.3, 0.4) is 0 Å². The minimum atomic E-state index is -1.80. The number of hydrogen-bond donors (Lipinski definition) is 2. The number of aliphatic carboxylic acids is 1. The fourth-order valence-corrected chi connectivity index (χ4v) is 5.14. The van der Waals surface area contributed by atoms with E-state index in [1.54, 1.807) is 0 Å². The summed E-state index contributed by atoms with van der Waals surface area (Å²) in [6, 6.07) is -1.34. The van der Waals surface area contributed by atoms with Crippen LogP contribution in [0.15, 0.2) is 0 Å². The van der Waals surface area contributed by atoms with Crippen molar-refractivity contribution in [3.05, 3.63) is 0 Å². The molecule has 2 rings (SSSR count). The summed E-state index contributed by atoms with van der Waals surface area (Å²) < 4.78 is 56.2. The van der Waals surface area contributed by atoms with Gasteiger partial charge in [0, 0.05) is 54.9 Å². The number of carbonyl (C=O) groups is 8. The van der Waals surface area contributed by atoms with E-state index in [-0.39, 0.29) is 19.4 Å². The smallest absolute Gasteiger partial charge is 0.303 e. The molecule has 2 aliphatic heterocycles. The lowest BCUT2D eigenvalue weighted by Crippen LogP contribution is -2.69. The van der Waals surface area contributed by atoms with Gasteiger partial charge in [0.25, 0.3) is 0 Å². The van der Waals surface area contributed by atoms with Crippen LogP contribution in [0.2, 0.25) is 0 Å². The molecule has 2 saturated heterocycles. The highest BCUT2D eigenvalue weighted by Gasteiger charge is 2.57. The van der Waals surface area contributed by atoms with Gasteiger partial charge in [0.1, 0.15) is 37.6 Å². The Hall–Kier alpha value is -4.40. The first-order chi connectivity index (χ1) is 23.4. The summed E-state index contributed by atoms with van der Waals surface area (Å²) in [4.78, 5) is 96.1. The molecule has 50 heavy (non-hydrogen) atoms. The largest absolute Gasteiger partial charge is 0.481 e. The van der Waals surface area contributed by atoms with Gasteiger partial charge in [-0.25, -0.2) is 0 Å². The zero-order chi connectivity index (χ0) is 37.7. The highest BCUT2D eigenvalue weighted by atomic mass is 16.8. The summed E-state index contributed by atoms with van der Waals surface area (Å²) in [7, 11) is 0. The lowest BCUT2D eigenvalue weighted by molar-refractivity contribution is -0.350. The third-order valence-corrected chi connectivity index (χ3v) is 6.83. The van der Waals surface area contributed by atoms with Gasteiger partial charge in [0.15, 0.2) is 37.0 Å². The zero-order valence-electron chi connectivity index (χ0n) is 28.6. The van der Waals surface area contributed by atoms with E-state index in [2.05, 4.69) is 5.32 Å². The van der Waals surface area contributed by atoms with E-state index in [4.69, 9.17) is 52.5 Å². The van der Waals surface area contributed by atoms with Gasteiger partial charge in [0.2, 0.25) is 5.91 Å². The SMILES string of the molecule is CC(=O)N[C@H]1[C@H](OCCCC(=O)O)O[C@H](COC(C)=O)[C@@H](O[C@@H]2O[C@H](COC(C)=O)[C@H](OC(C)=O)[C@H](OC(C)=O)[C@H]2OC(C)=O)[C@@H]1OC(C)=O. The van der Waals surface area contributed by atoms with E-state index in [0.29, 0.717) is 0 Å². The monoisotopic (exact) mass is 721 g/mol. The van der Waals surface area contributed by atoms with Crippen molar-refractivity contribution in [3.8, 4) is 0 Å². The van der Waals surface area contributed by atoms with Crippen LogP contribution in [-0.4, -0.2) is 134 Å². The molecule has 1 amide bonds. The molecule has 10 atom stereocenters. The molecule has 2 N–H and O–H groups in total. The highest BCUT2D eigenvalue weighted by Crippen LogP contribution is 2.35. The lowest BCUT2D eigenvalue weighted by Gasteiger charge is -2.49. The summed E-state index contributed by atoms with van der Waals surface area (Å²) in [5.41, 5.74) is 0. The number of carbonyl (C=O) groups excluding carboxylic acids is 7. The predicted molar refractivity (Wildman–Crippen MR) is 158 cm³/mol. The van der Waals surface area contributed by atoms with Gasteiger partial charge in [-0.3, -0.25) is 38.4 Å². The van der Waals surface area contributed by atoms with Gasteiger partial charge in [-0.05, 0) is 6.42 Å². The molecular weight excluding hydrogens is 678 g/mol. The maximum atomic E-state index is 12.4. The third-order valence-electron chi connectivity index (χ3n) is 6.83. The molecule has 2 heterocycles. The molecule has 0 radical (unpaired) electrons. The molecule has 0 aromatic carbocycles. The molecule has 0 aromatic heterocycles. The van der Waals surface area contributed by atoms with Crippen molar-refractivity contribution in [1.82, 2.24) is 5.32 Å². The quantitative estimate of drug-likeness (QED) is 0.111. The topological polar surface area (TPSA) is 261 Å². The van der Waals surface area contributed by atoms with Crippen molar-refractivity contribution in [2.45, 2.75) is 123 Å². The number of carboxylic acid groups (broad SMARTS) is 1. The number of carboxylic acids is 1. The van der Waals surface area contributed by atoms with Crippen LogP contribution >= 0.6 is 0 Å². The van der Waals surface area contributed by atoms with Gasteiger partial charge in [-0.1, -0.05) is 0 Å². The molecule has 0 saturated carbocycles. The molecule has 0 aliphatic carbocycles. The van der Waals surface area contributed by atoms with Crippen LogP contribution in [0.4, 0.5) is 0 Å². The Bertz CT molecular complexity index is 1250. The van der Waals surface area contributed by atoms with Crippen LogP contribution < -0.4 is 5.32 Å². The standard InChI is InChI=1S/C30H43NO19/c1-13(32)31-23-26(45-17(5)36)24(20(11-42-14(2)33)48-29(23)41-10-8-9-22(39)40)50-30-28(47-19(7)38)27(46-18(6)37)25(44-16(4)35)21(49-30)12-43-15(3)34/h20-21,23-30H,8-12H2,1-7H3,(H,31,32)(H,39,40)/t20-,21-,23-,24-,25+,26-,27+,28-,29-,30+/m1/s1. The molecule has 282 valence electrons. The van der Waals surface area contributed by atoms with Crippen LogP contribution in [0.1, 0.15) is 61.3 Å². The first kappa shape index (κ1) is 41.8. The Balaban J connectivity index is 2.69. The average molecular weight is 722 g/mol. The second-order valence-electron chi connectivity index (χ2n) is 11.2.